The summed E-state index contributed by atoms with van der Waals surface area (Å²) in [4.78, 5) is 2.66. The van der Waals surface area contributed by atoms with Crippen LogP contribution in [0.2, 0.25) is 0 Å². The van der Waals surface area contributed by atoms with Crippen LogP contribution in [0.15, 0.2) is 0 Å². The van der Waals surface area contributed by atoms with Crippen LogP contribution in [0.5, 0.6) is 0 Å². The Morgan fingerprint density at radius 2 is 2.00 bits per heavy atom. The van der Waals surface area contributed by atoms with E-state index in [4.69, 9.17) is 4.74 Å². The summed E-state index contributed by atoms with van der Waals surface area (Å²) >= 11 is 0. The van der Waals surface area contributed by atoms with Crippen LogP contribution in [-0.2, 0) is 4.74 Å². The lowest BCUT2D eigenvalue weighted by atomic mass is 9.80. The number of hydrogen-bond acceptors (Lipinski definition) is 2. The second kappa shape index (κ2) is 4.63. The second-order valence-corrected chi connectivity index (χ2v) is 4.99. The van der Waals surface area contributed by atoms with E-state index in [1.165, 1.54) is 51.7 Å². The fourth-order valence-corrected chi connectivity index (χ4v) is 2.81. The van der Waals surface area contributed by atoms with E-state index in [1.54, 1.807) is 0 Å². The quantitative estimate of drug-likeness (QED) is 0.688. The molecule has 1 spiro atoms. The summed E-state index contributed by atoms with van der Waals surface area (Å²) in [5.74, 6) is 0. The predicted octanol–water partition coefficient (Wildman–Crippen LogP) is 2.29. The molecule has 0 unspecified atom stereocenters. The number of hydrogen-bond donors (Lipinski definition) is 0. The average molecular weight is 197 g/mol. The number of likely N-dealkylation sites (tertiary alicyclic amines) is 1. The summed E-state index contributed by atoms with van der Waals surface area (Å²) in [6.45, 7) is 8.28. The first-order valence-electron chi connectivity index (χ1n) is 6.15. The van der Waals surface area contributed by atoms with Crippen LogP contribution in [-0.4, -0.2) is 37.7 Å². The highest BCUT2D eigenvalue weighted by atomic mass is 16.5. The van der Waals surface area contributed by atoms with Gasteiger partial charge in [-0.05, 0) is 44.2 Å². The molecule has 0 aromatic rings. The zero-order valence-electron chi connectivity index (χ0n) is 9.43. The Hall–Kier alpha value is -0.0800. The minimum atomic E-state index is 0.645. The van der Waals surface area contributed by atoms with Gasteiger partial charge < -0.3 is 9.64 Å². The van der Waals surface area contributed by atoms with Crippen LogP contribution in [0.25, 0.3) is 0 Å². The first-order valence-corrected chi connectivity index (χ1v) is 6.15. The van der Waals surface area contributed by atoms with Gasteiger partial charge in [-0.3, -0.25) is 0 Å². The average Bonchev–Trinajstić information content (AvgIpc) is 2.60. The van der Waals surface area contributed by atoms with E-state index < -0.39 is 0 Å². The van der Waals surface area contributed by atoms with Crippen molar-refractivity contribution in [3.05, 3.63) is 0 Å². The fourth-order valence-electron chi connectivity index (χ4n) is 2.81. The molecule has 2 fully saturated rings. The molecule has 0 amide bonds. The van der Waals surface area contributed by atoms with Gasteiger partial charge in [0.25, 0.3) is 0 Å². The molecule has 2 nitrogen and oxygen atoms in total. The molecular weight excluding hydrogens is 174 g/mol. The first kappa shape index (κ1) is 10.4. The highest BCUT2D eigenvalue weighted by Crippen LogP contribution is 2.39. The van der Waals surface area contributed by atoms with Crippen LogP contribution < -0.4 is 0 Å². The van der Waals surface area contributed by atoms with E-state index in [9.17, 15) is 0 Å². The van der Waals surface area contributed by atoms with Gasteiger partial charge in [-0.2, -0.15) is 0 Å². The molecule has 0 N–H and O–H groups in total. The van der Waals surface area contributed by atoms with Crippen molar-refractivity contribution in [2.45, 2.75) is 39.0 Å². The van der Waals surface area contributed by atoms with E-state index in [-0.39, 0.29) is 0 Å². The summed E-state index contributed by atoms with van der Waals surface area (Å²) in [6.07, 6.45) is 6.71. The maximum Gasteiger partial charge on any atom is 0.0471 e. The molecule has 0 aromatic carbocycles. The van der Waals surface area contributed by atoms with Crippen molar-refractivity contribution in [2.24, 2.45) is 5.41 Å². The van der Waals surface area contributed by atoms with Gasteiger partial charge in [0.2, 0.25) is 0 Å². The molecule has 0 bridgehead atoms. The van der Waals surface area contributed by atoms with E-state index in [0.717, 1.165) is 13.2 Å². The number of ether oxygens (including phenoxy) is 1. The molecule has 0 saturated carbocycles. The Kier molecular flexibility index (Phi) is 3.45. The second-order valence-electron chi connectivity index (χ2n) is 4.99. The maximum absolute atomic E-state index is 5.45. The molecule has 2 aliphatic heterocycles. The van der Waals surface area contributed by atoms with Gasteiger partial charge in [-0.1, -0.05) is 13.3 Å². The molecule has 2 rings (SSSR count). The summed E-state index contributed by atoms with van der Waals surface area (Å²) in [6, 6.07) is 0. The Labute approximate surface area is 87.6 Å². The van der Waals surface area contributed by atoms with Crippen molar-refractivity contribution >= 4 is 0 Å². The van der Waals surface area contributed by atoms with Crippen molar-refractivity contribution in [3.63, 3.8) is 0 Å². The summed E-state index contributed by atoms with van der Waals surface area (Å²) in [7, 11) is 0. The van der Waals surface area contributed by atoms with Crippen molar-refractivity contribution in [3.8, 4) is 0 Å². The third-order valence-corrected chi connectivity index (χ3v) is 3.90. The highest BCUT2D eigenvalue weighted by Gasteiger charge is 2.38. The van der Waals surface area contributed by atoms with Gasteiger partial charge in [-0.25, -0.2) is 0 Å². The molecule has 2 heterocycles. The lowest BCUT2D eigenvalue weighted by Crippen LogP contribution is -2.33. The Morgan fingerprint density at radius 3 is 2.71 bits per heavy atom. The SMILES string of the molecule is CCCCN1CCC2(CCOCC2)C1. The van der Waals surface area contributed by atoms with E-state index in [1.807, 2.05) is 0 Å². The number of nitrogens with zero attached hydrogens (tertiary/aromatic N) is 1. The van der Waals surface area contributed by atoms with Crippen LogP contribution in [0, 0.1) is 5.41 Å². The smallest absolute Gasteiger partial charge is 0.0471 e. The van der Waals surface area contributed by atoms with Crippen LogP contribution in [0.4, 0.5) is 0 Å². The van der Waals surface area contributed by atoms with Gasteiger partial charge in [0.05, 0.1) is 0 Å². The lowest BCUT2D eigenvalue weighted by molar-refractivity contribution is 0.0193. The van der Waals surface area contributed by atoms with Gasteiger partial charge in [0.15, 0.2) is 0 Å². The standard InChI is InChI=1S/C12H23NO/c1-2-3-7-13-8-4-12(11-13)5-9-14-10-6-12/h2-11H2,1H3. The van der Waals surface area contributed by atoms with Gasteiger partial charge in [0, 0.05) is 19.8 Å². The number of unbranched alkanes of at least 4 members (excludes halogenated alkanes) is 1. The van der Waals surface area contributed by atoms with Gasteiger partial charge in [-0.15, -0.1) is 0 Å². The Balaban J connectivity index is 1.80. The summed E-state index contributed by atoms with van der Waals surface area (Å²) in [5.41, 5.74) is 0.645. The molecule has 0 radical (unpaired) electrons. The molecule has 2 aliphatic rings. The van der Waals surface area contributed by atoms with Gasteiger partial charge in [0.1, 0.15) is 0 Å². The van der Waals surface area contributed by atoms with Crippen LogP contribution in [0.3, 0.4) is 0 Å². The molecule has 0 aliphatic carbocycles. The number of rotatable bonds is 3. The highest BCUT2D eigenvalue weighted by molar-refractivity contribution is 4.91. The van der Waals surface area contributed by atoms with Crippen molar-refractivity contribution in [1.29, 1.82) is 0 Å². The molecule has 0 aromatic heterocycles. The first-order chi connectivity index (χ1) is 6.85. The molecule has 82 valence electrons. The summed E-state index contributed by atoms with van der Waals surface area (Å²) in [5, 5.41) is 0. The van der Waals surface area contributed by atoms with E-state index in [0.29, 0.717) is 5.41 Å². The molecule has 2 saturated heterocycles. The van der Waals surface area contributed by atoms with Crippen LogP contribution in [0.1, 0.15) is 39.0 Å². The lowest BCUT2D eigenvalue weighted by Gasteiger charge is -2.33. The van der Waals surface area contributed by atoms with Gasteiger partial charge >= 0.3 is 0 Å². The Morgan fingerprint density at radius 1 is 1.21 bits per heavy atom. The molecule has 2 heteroatoms. The summed E-state index contributed by atoms with van der Waals surface area (Å²) < 4.78 is 5.45. The normalized spacial score (nSPS) is 27.2. The minimum absolute atomic E-state index is 0.645. The van der Waals surface area contributed by atoms with Crippen molar-refractivity contribution in [1.82, 2.24) is 4.90 Å². The zero-order chi connectivity index (χ0) is 9.86. The van der Waals surface area contributed by atoms with Crippen molar-refractivity contribution in [2.75, 3.05) is 32.8 Å². The molecule has 14 heavy (non-hydrogen) atoms. The Bertz CT molecular complexity index is 175. The monoisotopic (exact) mass is 197 g/mol. The largest absolute Gasteiger partial charge is 0.381 e. The van der Waals surface area contributed by atoms with E-state index >= 15 is 0 Å². The fraction of sp³-hybridized carbons (Fsp3) is 1.00. The third kappa shape index (κ3) is 2.29. The molecular formula is C12H23NO. The topological polar surface area (TPSA) is 12.5 Å². The van der Waals surface area contributed by atoms with Crippen molar-refractivity contribution < 1.29 is 4.74 Å². The van der Waals surface area contributed by atoms with Crippen LogP contribution >= 0.6 is 0 Å². The third-order valence-electron chi connectivity index (χ3n) is 3.90. The molecule has 0 atom stereocenters. The minimum Gasteiger partial charge on any atom is -0.381 e. The van der Waals surface area contributed by atoms with E-state index in [2.05, 4.69) is 11.8 Å². The zero-order valence-corrected chi connectivity index (χ0v) is 9.43. The maximum atomic E-state index is 5.45. The predicted molar refractivity (Wildman–Crippen MR) is 58.5 cm³/mol.